The lowest BCUT2D eigenvalue weighted by molar-refractivity contribution is 0.570. The molecule has 0 unspecified atom stereocenters. The van der Waals surface area contributed by atoms with E-state index in [-0.39, 0.29) is 5.41 Å². The van der Waals surface area contributed by atoms with Crippen molar-refractivity contribution in [2.75, 3.05) is 0 Å². The van der Waals surface area contributed by atoms with Crippen molar-refractivity contribution in [2.24, 2.45) is 0 Å². The van der Waals surface area contributed by atoms with Crippen molar-refractivity contribution in [2.45, 2.75) is 39.7 Å². The summed E-state index contributed by atoms with van der Waals surface area (Å²) in [5.41, 5.74) is 4.85. The highest BCUT2D eigenvalue weighted by Gasteiger charge is 2.13. The predicted molar refractivity (Wildman–Crippen MR) is 92.2 cm³/mol. The van der Waals surface area contributed by atoms with Gasteiger partial charge in [0.15, 0.2) is 0 Å². The first kappa shape index (κ1) is 15.4. The van der Waals surface area contributed by atoms with Crippen LogP contribution in [0.2, 0.25) is 0 Å². The van der Waals surface area contributed by atoms with Gasteiger partial charge in [0, 0.05) is 5.56 Å². The van der Waals surface area contributed by atoms with Gasteiger partial charge in [-0.05, 0) is 34.2 Å². The van der Waals surface area contributed by atoms with Crippen LogP contribution in [0.25, 0.3) is 11.4 Å². The molecule has 3 rings (SSSR count). The summed E-state index contributed by atoms with van der Waals surface area (Å²) >= 11 is 0. The van der Waals surface area contributed by atoms with Gasteiger partial charge >= 0.3 is 0 Å². The summed E-state index contributed by atoms with van der Waals surface area (Å²) in [4.78, 5) is 1.65. The van der Waals surface area contributed by atoms with Crippen LogP contribution in [0.15, 0.2) is 48.5 Å². The van der Waals surface area contributed by atoms with E-state index in [2.05, 4.69) is 73.4 Å². The summed E-state index contributed by atoms with van der Waals surface area (Å²) < 4.78 is 0. The third-order valence-corrected chi connectivity index (χ3v) is 3.98. The van der Waals surface area contributed by atoms with Gasteiger partial charge in [0.25, 0.3) is 0 Å². The Bertz CT molecular complexity index is 795. The molecule has 4 nitrogen and oxygen atoms in total. The lowest BCUT2D eigenvalue weighted by Gasteiger charge is -2.19. The molecule has 0 amide bonds. The molecule has 23 heavy (non-hydrogen) atoms. The highest BCUT2D eigenvalue weighted by molar-refractivity contribution is 5.58. The Hall–Kier alpha value is -2.49. The van der Waals surface area contributed by atoms with Crippen molar-refractivity contribution in [3.05, 3.63) is 65.2 Å². The van der Waals surface area contributed by atoms with Crippen LogP contribution >= 0.6 is 0 Å². The van der Waals surface area contributed by atoms with E-state index in [1.165, 1.54) is 11.1 Å². The van der Waals surface area contributed by atoms with Crippen LogP contribution < -0.4 is 0 Å². The molecule has 0 atom stereocenters. The summed E-state index contributed by atoms with van der Waals surface area (Å²) in [6, 6.07) is 16.7. The number of tetrazole rings is 1. The second kappa shape index (κ2) is 5.95. The molecule has 0 aliphatic heterocycles. The molecule has 0 saturated carbocycles. The predicted octanol–water partition coefficient (Wildman–Crippen LogP) is 3.99. The molecular weight excluding hydrogens is 284 g/mol. The molecule has 0 aliphatic rings. The highest BCUT2D eigenvalue weighted by atomic mass is 15.6. The van der Waals surface area contributed by atoms with Gasteiger partial charge in [-0.2, -0.15) is 4.80 Å². The van der Waals surface area contributed by atoms with E-state index < -0.39 is 0 Å². The third kappa shape index (κ3) is 3.47. The van der Waals surface area contributed by atoms with Crippen LogP contribution in [-0.2, 0) is 12.0 Å². The Morgan fingerprint density at radius 1 is 0.957 bits per heavy atom. The van der Waals surface area contributed by atoms with Crippen molar-refractivity contribution in [3.63, 3.8) is 0 Å². The molecule has 0 spiro atoms. The number of aryl methyl sites for hydroxylation is 1. The molecular formula is C19H22N4. The minimum Gasteiger partial charge on any atom is -0.159 e. The maximum Gasteiger partial charge on any atom is 0.205 e. The smallest absolute Gasteiger partial charge is 0.159 e. The average molecular weight is 306 g/mol. The van der Waals surface area contributed by atoms with Crippen LogP contribution in [0, 0.1) is 6.92 Å². The van der Waals surface area contributed by atoms with E-state index in [4.69, 9.17) is 0 Å². The van der Waals surface area contributed by atoms with Gasteiger partial charge in [-0.25, -0.2) is 0 Å². The minimum atomic E-state index is 0.169. The van der Waals surface area contributed by atoms with Crippen molar-refractivity contribution >= 4 is 0 Å². The fourth-order valence-electron chi connectivity index (χ4n) is 2.52. The van der Waals surface area contributed by atoms with Gasteiger partial charge in [0.2, 0.25) is 5.82 Å². The van der Waals surface area contributed by atoms with Gasteiger partial charge in [-0.3, -0.25) is 0 Å². The Morgan fingerprint density at radius 2 is 1.65 bits per heavy atom. The molecule has 0 radical (unpaired) electrons. The quantitative estimate of drug-likeness (QED) is 0.734. The molecule has 3 aromatic rings. The third-order valence-electron chi connectivity index (χ3n) is 3.98. The van der Waals surface area contributed by atoms with Crippen molar-refractivity contribution < 1.29 is 0 Å². The minimum absolute atomic E-state index is 0.169. The van der Waals surface area contributed by atoms with E-state index in [0.29, 0.717) is 12.4 Å². The van der Waals surface area contributed by atoms with Crippen molar-refractivity contribution in [3.8, 4) is 11.4 Å². The zero-order valence-electron chi connectivity index (χ0n) is 14.1. The first-order chi connectivity index (χ1) is 10.9. The number of aromatic nitrogens is 4. The Balaban J connectivity index is 1.78. The average Bonchev–Trinajstić information content (AvgIpc) is 2.95. The highest BCUT2D eigenvalue weighted by Crippen LogP contribution is 2.22. The Kier molecular flexibility index (Phi) is 3.99. The van der Waals surface area contributed by atoms with Crippen LogP contribution in [0.5, 0.6) is 0 Å². The number of hydrogen-bond acceptors (Lipinski definition) is 3. The molecule has 2 aromatic carbocycles. The van der Waals surface area contributed by atoms with Gasteiger partial charge in [-0.15, -0.1) is 10.2 Å². The fraction of sp³-hybridized carbons (Fsp3) is 0.316. The summed E-state index contributed by atoms with van der Waals surface area (Å²) in [7, 11) is 0. The number of rotatable bonds is 3. The maximum atomic E-state index is 4.50. The zero-order valence-corrected chi connectivity index (χ0v) is 14.1. The summed E-state index contributed by atoms with van der Waals surface area (Å²) in [6.07, 6.45) is 0. The Labute approximate surface area is 137 Å². The van der Waals surface area contributed by atoms with E-state index in [9.17, 15) is 0 Å². The molecule has 0 fully saturated rings. The fourth-order valence-corrected chi connectivity index (χ4v) is 2.52. The van der Waals surface area contributed by atoms with Gasteiger partial charge < -0.3 is 0 Å². The Morgan fingerprint density at radius 3 is 2.30 bits per heavy atom. The van der Waals surface area contributed by atoms with Gasteiger partial charge in [-0.1, -0.05) is 69.3 Å². The van der Waals surface area contributed by atoms with Crippen LogP contribution in [0.1, 0.15) is 37.5 Å². The second-order valence-electron chi connectivity index (χ2n) is 6.91. The van der Waals surface area contributed by atoms with Crippen LogP contribution in [0.3, 0.4) is 0 Å². The normalized spacial score (nSPS) is 11.7. The largest absolute Gasteiger partial charge is 0.205 e. The first-order valence-corrected chi connectivity index (χ1v) is 7.87. The van der Waals surface area contributed by atoms with Crippen molar-refractivity contribution in [1.29, 1.82) is 0 Å². The van der Waals surface area contributed by atoms with Crippen LogP contribution in [-0.4, -0.2) is 20.2 Å². The van der Waals surface area contributed by atoms with E-state index >= 15 is 0 Å². The SMILES string of the molecule is Cc1ccccc1-c1nnn(Cc2ccc(C(C)(C)C)cc2)n1. The molecule has 118 valence electrons. The molecule has 0 saturated heterocycles. The van der Waals surface area contributed by atoms with Gasteiger partial charge in [0.1, 0.15) is 0 Å². The van der Waals surface area contributed by atoms with E-state index in [0.717, 1.165) is 11.1 Å². The zero-order chi connectivity index (χ0) is 16.4. The van der Waals surface area contributed by atoms with Crippen LogP contribution in [0.4, 0.5) is 0 Å². The number of hydrogen-bond donors (Lipinski definition) is 0. The number of nitrogens with zero attached hydrogens (tertiary/aromatic N) is 4. The number of benzene rings is 2. The summed E-state index contributed by atoms with van der Waals surface area (Å²) in [6.45, 7) is 9.34. The molecule has 4 heteroatoms. The van der Waals surface area contributed by atoms with E-state index in [1.807, 2.05) is 18.2 Å². The maximum absolute atomic E-state index is 4.50. The topological polar surface area (TPSA) is 43.6 Å². The van der Waals surface area contributed by atoms with Crippen molar-refractivity contribution in [1.82, 2.24) is 20.2 Å². The first-order valence-electron chi connectivity index (χ1n) is 7.87. The molecule has 1 heterocycles. The molecule has 0 bridgehead atoms. The second-order valence-corrected chi connectivity index (χ2v) is 6.91. The summed E-state index contributed by atoms with van der Waals surface area (Å²) in [5.74, 6) is 0.675. The monoisotopic (exact) mass is 306 g/mol. The van der Waals surface area contributed by atoms with Gasteiger partial charge in [0.05, 0.1) is 6.54 Å². The lowest BCUT2D eigenvalue weighted by Crippen LogP contribution is -2.11. The lowest BCUT2D eigenvalue weighted by atomic mass is 9.87. The molecule has 0 aliphatic carbocycles. The molecule has 1 aromatic heterocycles. The summed E-state index contributed by atoms with van der Waals surface area (Å²) in [5, 5.41) is 12.9. The standard InChI is InChI=1S/C19H22N4/c1-14-7-5-6-8-17(14)18-20-22-23(21-18)13-15-9-11-16(12-10-15)19(2,3)4/h5-12H,13H2,1-4H3. The van der Waals surface area contributed by atoms with E-state index in [1.54, 1.807) is 4.80 Å². The molecule has 0 N–H and O–H groups in total.